The number of benzene rings is 2. The van der Waals surface area contributed by atoms with Crippen LogP contribution in [0.3, 0.4) is 0 Å². The summed E-state index contributed by atoms with van der Waals surface area (Å²) >= 11 is 0. The van der Waals surface area contributed by atoms with E-state index in [1.165, 1.54) is 22.5 Å². The maximum absolute atomic E-state index is 13.5. The Kier molecular flexibility index (Phi) is 7.23. The molecule has 0 bridgehead atoms. The lowest BCUT2D eigenvalue weighted by Crippen LogP contribution is -2.46. The zero-order chi connectivity index (χ0) is 25.1. The molecule has 1 amide bonds. The van der Waals surface area contributed by atoms with Gasteiger partial charge in [0.05, 0.1) is 16.9 Å². The molecule has 0 aliphatic carbocycles. The van der Waals surface area contributed by atoms with E-state index in [1.807, 2.05) is 30.3 Å². The van der Waals surface area contributed by atoms with E-state index in [1.54, 1.807) is 18.2 Å². The highest BCUT2D eigenvalue weighted by Gasteiger charge is 2.40. The number of sulfonamides is 1. The average Bonchev–Trinajstić information content (AvgIpc) is 2.87. The van der Waals surface area contributed by atoms with Crippen molar-refractivity contribution in [1.82, 2.24) is 14.6 Å². The zero-order valence-electron chi connectivity index (χ0n) is 18.6. The lowest BCUT2D eigenvalue weighted by Gasteiger charge is -2.38. The third-order valence-corrected chi connectivity index (χ3v) is 7.91. The number of hydrogen-bond acceptors (Lipinski definition) is 4. The minimum Gasteiger partial charge on any atom is -0.352 e. The van der Waals surface area contributed by atoms with Gasteiger partial charge < -0.3 is 5.32 Å². The van der Waals surface area contributed by atoms with Gasteiger partial charge >= 0.3 is 6.18 Å². The van der Waals surface area contributed by atoms with Crippen molar-refractivity contribution in [3.8, 4) is 0 Å². The lowest BCUT2D eigenvalue weighted by molar-refractivity contribution is -0.141. The molecule has 6 nitrogen and oxygen atoms in total. The number of carbonyl (C=O) groups is 1. The van der Waals surface area contributed by atoms with Gasteiger partial charge in [0.25, 0.3) is 0 Å². The minimum atomic E-state index is -4.53. The molecule has 2 heterocycles. The van der Waals surface area contributed by atoms with Crippen LogP contribution in [0.5, 0.6) is 0 Å². The summed E-state index contributed by atoms with van der Waals surface area (Å²) in [6, 6.07) is 19.1. The fourth-order valence-corrected chi connectivity index (χ4v) is 5.89. The van der Waals surface area contributed by atoms with Crippen LogP contribution in [0, 0.1) is 5.92 Å². The number of aromatic nitrogens is 1. The lowest BCUT2D eigenvalue weighted by atomic mass is 9.90. The van der Waals surface area contributed by atoms with Crippen LogP contribution in [0.25, 0.3) is 0 Å². The zero-order valence-corrected chi connectivity index (χ0v) is 19.5. The van der Waals surface area contributed by atoms with Crippen molar-refractivity contribution in [3.63, 3.8) is 0 Å². The average molecular weight is 504 g/mol. The second kappa shape index (κ2) is 10.2. The van der Waals surface area contributed by atoms with E-state index in [9.17, 15) is 26.4 Å². The van der Waals surface area contributed by atoms with Gasteiger partial charge in [-0.3, -0.25) is 9.78 Å². The molecule has 0 spiro atoms. The van der Waals surface area contributed by atoms with Crippen LogP contribution < -0.4 is 5.32 Å². The van der Waals surface area contributed by atoms with Gasteiger partial charge in [0.1, 0.15) is 5.69 Å². The Balaban J connectivity index is 1.50. The van der Waals surface area contributed by atoms with Crippen molar-refractivity contribution >= 4 is 15.9 Å². The van der Waals surface area contributed by atoms with Crippen molar-refractivity contribution in [1.29, 1.82) is 0 Å². The molecule has 4 rings (SSSR count). The highest BCUT2D eigenvalue weighted by Crippen LogP contribution is 2.37. The van der Waals surface area contributed by atoms with Gasteiger partial charge in [0, 0.05) is 19.3 Å². The second-order valence-electron chi connectivity index (χ2n) is 8.36. The minimum absolute atomic E-state index is 0.00593. The molecule has 0 unspecified atom stereocenters. The van der Waals surface area contributed by atoms with Crippen molar-refractivity contribution in [2.75, 3.05) is 6.54 Å². The molecule has 1 fully saturated rings. The van der Waals surface area contributed by atoms with Gasteiger partial charge in [-0.05, 0) is 42.2 Å². The summed E-state index contributed by atoms with van der Waals surface area (Å²) in [7, 11) is -3.87. The first-order chi connectivity index (χ1) is 16.7. The van der Waals surface area contributed by atoms with Gasteiger partial charge in [0.15, 0.2) is 0 Å². The molecule has 184 valence electrons. The van der Waals surface area contributed by atoms with E-state index in [2.05, 4.69) is 10.3 Å². The van der Waals surface area contributed by atoms with E-state index < -0.39 is 33.9 Å². The van der Waals surface area contributed by atoms with Crippen molar-refractivity contribution in [2.24, 2.45) is 5.92 Å². The summed E-state index contributed by atoms with van der Waals surface area (Å²) in [5, 5.41) is 2.71. The SMILES string of the molecule is O=C(NCc1ccc(C(F)(F)F)nc1)[C@@H]1CC[C@H](c2ccccc2)N(S(=O)(=O)c2ccccc2)C1. The Morgan fingerprint density at radius 2 is 1.63 bits per heavy atom. The smallest absolute Gasteiger partial charge is 0.352 e. The number of nitrogens with one attached hydrogen (secondary N) is 1. The third-order valence-electron chi connectivity index (χ3n) is 6.02. The molecule has 1 N–H and O–H groups in total. The number of piperidine rings is 1. The van der Waals surface area contributed by atoms with Crippen molar-refractivity contribution in [3.05, 3.63) is 95.8 Å². The molecule has 2 aromatic carbocycles. The number of nitrogens with zero attached hydrogens (tertiary/aromatic N) is 2. The van der Waals surface area contributed by atoms with Crippen LogP contribution in [-0.4, -0.2) is 30.2 Å². The summed E-state index contributed by atoms with van der Waals surface area (Å²) < 4.78 is 66.5. The van der Waals surface area contributed by atoms with E-state index in [0.717, 1.165) is 17.8 Å². The Hall–Kier alpha value is -3.24. The first kappa shape index (κ1) is 24.9. The largest absolute Gasteiger partial charge is 0.433 e. The normalized spacial score (nSPS) is 19.3. The summed E-state index contributed by atoms with van der Waals surface area (Å²) in [5.74, 6) is -0.958. The highest BCUT2D eigenvalue weighted by atomic mass is 32.2. The predicted octanol–water partition coefficient (Wildman–Crippen LogP) is 4.56. The van der Waals surface area contributed by atoms with Gasteiger partial charge in [-0.15, -0.1) is 0 Å². The number of amides is 1. The van der Waals surface area contributed by atoms with Crippen molar-refractivity contribution < 1.29 is 26.4 Å². The number of carbonyl (C=O) groups excluding carboxylic acids is 1. The maximum atomic E-state index is 13.5. The predicted molar refractivity (Wildman–Crippen MR) is 123 cm³/mol. The first-order valence-electron chi connectivity index (χ1n) is 11.1. The van der Waals surface area contributed by atoms with E-state index in [0.29, 0.717) is 18.4 Å². The van der Waals surface area contributed by atoms with Crippen LogP contribution in [-0.2, 0) is 27.5 Å². The topological polar surface area (TPSA) is 79.4 Å². The quantitative estimate of drug-likeness (QED) is 0.535. The molecule has 3 aromatic rings. The van der Waals surface area contributed by atoms with Crippen molar-refractivity contribution in [2.45, 2.75) is 36.5 Å². The summed E-state index contributed by atoms with van der Waals surface area (Å²) in [5.41, 5.74) is 0.258. The molecule has 10 heteroatoms. The molecular formula is C25H24F3N3O3S. The first-order valence-corrected chi connectivity index (χ1v) is 12.5. The van der Waals surface area contributed by atoms with Crippen LogP contribution in [0.2, 0.25) is 0 Å². The Morgan fingerprint density at radius 3 is 2.23 bits per heavy atom. The van der Waals surface area contributed by atoms with Gasteiger partial charge in [-0.25, -0.2) is 8.42 Å². The Morgan fingerprint density at radius 1 is 0.971 bits per heavy atom. The molecule has 1 aliphatic rings. The number of rotatable bonds is 6. The fraction of sp³-hybridized carbons (Fsp3) is 0.280. The molecule has 0 radical (unpaired) electrons. The van der Waals surface area contributed by atoms with E-state index in [-0.39, 0.29) is 23.9 Å². The van der Waals surface area contributed by atoms with Crippen LogP contribution in [0.1, 0.15) is 35.7 Å². The Bertz CT molecular complexity index is 1250. The summed E-state index contributed by atoms with van der Waals surface area (Å²) in [6.07, 6.45) is -2.54. The molecule has 1 aromatic heterocycles. The van der Waals surface area contributed by atoms with Gasteiger partial charge in [-0.1, -0.05) is 54.6 Å². The molecule has 35 heavy (non-hydrogen) atoms. The molecular weight excluding hydrogens is 479 g/mol. The van der Waals surface area contributed by atoms with Gasteiger partial charge in [-0.2, -0.15) is 17.5 Å². The number of alkyl halides is 3. The standard InChI is InChI=1S/C25H24F3N3O3S/c26-25(27,28)23-14-11-18(15-29-23)16-30-24(32)20-12-13-22(19-7-3-1-4-8-19)31(17-20)35(33,34)21-9-5-2-6-10-21/h1-11,14-15,20,22H,12-13,16-17H2,(H,30,32)/t20-,22-/m1/s1. The number of hydrogen-bond donors (Lipinski definition) is 1. The van der Waals surface area contributed by atoms with Crippen LogP contribution in [0.15, 0.2) is 83.9 Å². The fourth-order valence-electron chi connectivity index (χ4n) is 4.18. The monoisotopic (exact) mass is 503 g/mol. The summed E-state index contributed by atoms with van der Waals surface area (Å²) in [4.78, 5) is 16.5. The highest BCUT2D eigenvalue weighted by molar-refractivity contribution is 7.89. The van der Waals surface area contributed by atoms with E-state index >= 15 is 0 Å². The molecule has 2 atom stereocenters. The van der Waals surface area contributed by atoms with Gasteiger partial charge in [0.2, 0.25) is 15.9 Å². The third kappa shape index (κ3) is 5.71. The molecule has 0 saturated carbocycles. The second-order valence-corrected chi connectivity index (χ2v) is 10.2. The van der Waals surface area contributed by atoms with E-state index in [4.69, 9.17) is 0 Å². The van der Waals surface area contributed by atoms with Crippen LogP contribution >= 0.6 is 0 Å². The maximum Gasteiger partial charge on any atom is 0.433 e. The molecule has 1 saturated heterocycles. The summed E-state index contributed by atoms with van der Waals surface area (Å²) in [6.45, 7) is -0.0120. The Labute approximate surface area is 201 Å². The number of pyridine rings is 1. The number of halogens is 3. The van der Waals surface area contributed by atoms with Crippen LogP contribution in [0.4, 0.5) is 13.2 Å². The molecule has 1 aliphatic heterocycles.